The molecule has 0 radical (unpaired) electrons. The molecule has 0 aliphatic carbocycles. The lowest BCUT2D eigenvalue weighted by molar-refractivity contribution is -0.130. The van der Waals surface area contributed by atoms with Gasteiger partial charge in [-0.2, -0.15) is 0 Å². The molecule has 5 heteroatoms. The van der Waals surface area contributed by atoms with Crippen molar-refractivity contribution in [3.63, 3.8) is 0 Å². The van der Waals surface area contributed by atoms with Crippen LogP contribution in [0.15, 0.2) is 54.6 Å². The van der Waals surface area contributed by atoms with Gasteiger partial charge in [0.2, 0.25) is 5.91 Å². The van der Waals surface area contributed by atoms with E-state index in [2.05, 4.69) is 17.0 Å². The van der Waals surface area contributed by atoms with Crippen LogP contribution in [0.3, 0.4) is 0 Å². The second kappa shape index (κ2) is 7.16. The minimum atomic E-state index is -0.880. The fraction of sp³-hybridized carbons (Fsp3) is 0.364. The van der Waals surface area contributed by atoms with E-state index in [4.69, 9.17) is 0 Å². The van der Waals surface area contributed by atoms with Gasteiger partial charge in [-0.25, -0.2) is 4.79 Å². The number of nitrogens with zero attached hydrogens (tertiary/aromatic N) is 2. The van der Waals surface area contributed by atoms with Crippen molar-refractivity contribution in [1.82, 2.24) is 9.80 Å². The largest absolute Gasteiger partial charge is 0.478 e. The van der Waals surface area contributed by atoms with E-state index in [0.29, 0.717) is 23.9 Å². The highest BCUT2D eigenvalue weighted by Gasteiger charge is 2.48. The van der Waals surface area contributed by atoms with Crippen LogP contribution in [0.25, 0.3) is 0 Å². The highest BCUT2D eigenvalue weighted by molar-refractivity contribution is 5.89. The van der Waals surface area contributed by atoms with Gasteiger partial charge in [0.05, 0.1) is 11.6 Å². The number of fused-ring (bicyclic) bond motifs is 1. The molecule has 4 rings (SSSR count). The van der Waals surface area contributed by atoms with E-state index in [1.165, 1.54) is 5.56 Å². The van der Waals surface area contributed by atoms with E-state index < -0.39 is 5.97 Å². The van der Waals surface area contributed by atoms with Crippen molar-refractivity contribution in [3.05, 3.63) is 71.3 Å². The first-order valence-electron chi connectivity index (χ1n) is 9.40. The van der Waals surface area contributed by atoms with Gasteiger partial charge in [0.15, 0.2) is 0 Å². The van der Waals surface area contributed by atoms with Gasteiger partial charge in [-0.05, 0) is 23.1 Å². The Labute approximate surface area is 159 Å². The van der Waals surface area contributed by atoms with Crippen LogP contribution in [0.5, 0.6) is 0 Å². The minimum absolute atomic E-state index is 0.105. The molecular formula is C22H24N2O3. The average Bonchev–Trinajstić information content (AvgIpc) is 3.20. The summed E-state index contributed by atoms with van der Waals surface area (Å²) < 4.78 is 0. The van der Waals surface area contributed by atoms with Gasteiger partial charge in [0, 0.05) is 39.0 Å². The molecule has 2 aromatic rings. The number of carbonyl (C=O) groups excluding carboxylic acids is 1. The van der Waals surface area contributed by atoms with Crippen molar-refractivity contribution in [2.45, 2.75) is 19.5 Å². The Balaban J connectivity index is 1.55. The smallest absolute Gasteiger partial charge is 0.336 e. The number of benzene rings is 2. The van der Waals surface area contributed by atoms with Gasteiger partial charge in [-0.3, -0.25) is 9.69 Å². The molecule has 140 valence electrons. The van der Waals surface area contributed by atoms with Crippen molar-refractivity contribution >= 4 is 11.9 Å². The number of hydrogen-bond donors (Lipinski definition) is 1. The molecule has 27 heavy (non-hydrogen) atoms. The molecule has 2 aliphatic rings. The lowest BCUT2D eigenvalue weighted by Gasteiger charge is -2.29. The maximum Gasteiger partial charge on any atom is 0.336 e. The third-order valence-corrected chi connectivity index (χ3v) is 5.93. The van der Waals surface area contributed by atoms with Crippen LogP contribution in [-0.4, -0.2) is 46.4 Å². The molecule has 2 heterocycles. The van der Waals surface area contributed by atoms with E-state index in [-0.39, 0.29) is 11.9 Å². The molecule has 3 atom stereocenters. The monoisotopic (exact) mass is 364 g/mol. The SMILES string of the molecule is CC(=O)N1C[C@H]2CN(Cc3ccccc3C(=O)O)C[C@H]2[C@@H]1c1ccccc1. The Morgan fingerprint density at radius 1 is 1.00 bits per heavy atom. The van der Waals surface area contributed by atoms with Crippen LogP contribution >= 0.6 is 0 Å². The summed E-state index contributed by atoms with van der Waals surface area (Å²) in [5.41, 5.74) is 2.41. The maximum absolute atomic E-state index is 12.2. The highest BCUT2D eigenvalue weighted by Crippen LogP contribution is 2.45. The normalized spacial score (nSPS) is 24.8. The van der Waals surface area contributed by atoms with Gasteiger partial charge in [-0.1, -0.05) is 48.5 Å². The number of aromatic carboxylic acids is 1. The average molecular weight is 364 g/mol. The third-order valence-electron chi connectivity index (χ3n) is 5.93. The first kappa shape index (κ1) is 17.7. The first-order valence-corrected chi connectivity index (χ1v) is 9.40. The molecule has 0 saturated carbocycles. The Morgan fingerprint density at radius 2 is 1.70 bits per heavy atom. The molecule has 2 aromatic carbocycles. The fourth-order valence-corrected chi connectivity index (χ4v) is 4.78. The molecule has 0 unspecified atom stereocenters. The van der Waals surface area contributed by atoms with Gasteiger partial charge >= 0.3 is 5.97 Å². The molecule has 1 amide bonds. The minimum Gasteiger partial charge on any atom is -0.478 e. The highest BCUT2D eigenvalue weighted by atomic mass is 16.4. The number of amides is 1. The van der Waals surface area contributed by atoms with E-state index >= 15 is 0 Å². The van der Waals surface area contributed by atoms with Crippen LogP contribution in [0, 0.1) is 11.8 Å². The molecule has 0 aromatic heterocycles. The summed E-state index contributed by atoms with van der Waals surface area (Å²) in [6.07, 6.45) is 0. The van der Waals surface area contributed by atoms with Gasteiger partial charge in [0.1, 0.15) is 0 Å². The molecule has 1 N–H and O–H groups in total. The Kier molecular flexibility index (Phi) is 4.70. The molecule has 0 bridgehead atoms. The van der Waals surface area contributed by atoms with Gasteiger partial charge in [0.25, 0.3) is 0 Å². The van der Waals surface area contributed by atoms with Crippen molar-refractivity contribution in [2.75, 3.05) is 19.6 Å². The summed E-state index contributed by atoms with van der Waals surface area (Å²) in [6, 6.07) is 17.6. The molecule has 0 spiro atoms. The predicted molar refractivity (Wildman–Crippen MR) is 102 cm³/mol. The zero-order chi connectivity index (χ0) is 19.0. The van der Waals surface area contributed by atoms with Crippen LogP contribution in [-0.2, 0) is 11.3 Å². The summed E-state index contributed by atoms with van der Waals surface area (Å²) in [5, 5.41) is 9.42. The van der Waals surface area contributed by atoms with Crippen molar-refractivity contribution in [3.8, 4) is 0 Å². The molecule has 2 saturated heterocycles. The lowest BCUT2D eigenvalue weighted by atomic mass is 9.89. The third kappa shape index (κ3) is 3.35. The van der Waals surface area contributed by atoms with Crippen molar-refractivity contribution < 1.29 is 14.7 Å². The zero-order valence-electron chi connectivity index (χ0n) is 15.4. The summed E-state index contributed by atoms with van der Waals surface area (Å²) in [5.74, 6) is 0.0559. The van der Waals surface area contributed by atoms with Gasteiger partial charge in [-0.15, -0.1) is 0 Å². The summed E-state index contributed by atoms with van der Waals surface area (Å²) in [4.78, 5) is 28.0. The van der Waals surface area contributed by atoms with Crippen LogP contribution in [0.2, 0.25) is 0 Å². The standard InChI is InChI=1S/C22H24N2O3/c1-15(25)24-13-18-12-23(11-17-9-5-6-10-19(17)22(26)27)14-20(18)21(24)16-7-3-2-4-8-16/h2-10,18,20-21H,11-14H2,1H3,(H,26,27)/t18-,20-,21+/m1/s1. The number of carbonyl (C=O) groups is 2. The summed E-state index contributed by atoms with van der Waals surface area (Å²) in [7, 11) is 0. The Bertz CT molecular complexity index is 852. The van der Waals surface area contributed by atoms with Crippen LogP contribution in [0.4, 0.5) is 0 Å². The van der Waals surface area contributed by atoms with Crippen molar-refractivity contribution in [2.24, 2.45) is 11.8 Å². The van der Waals surface area contributed by atoms with Gasteiger partial charge < -0.3 is 10.0 Å². The Morgan fingerprint density at radius 3 is 2.41 bits per heavy atom. The van der Waals surface area contributed by atoms with Crippen LogP contribution in [0.1, 0.15) is 34.5 Å². The number of carboxylic acid groups (broad SMARTS) is 1. The number of likely N-dealkylation sites (tertiary alicyclic amines) is 2. The van der Waals surface area contributed by atoms with E-state index in [0.717, 1.165) is 25.2 Å². The zero-order valence-corrected chi connectivity index (χ0v) is 15.4. The van der Waals surface area contributed by atoms with E-state index in [1.807, 2.05) is 35.2 Å². The van der Waals surface area contributed by atoms with Crippen LogP contribution < -0.4 is 0 Å². The second-order valence-corrected chi connectivity index (χ2v) is 7.61. The number of hydrogen-bond acceptors (Lipinski definition) is 3. The molecule has 5 nitrogen and oxygen atoms in total. The maximum atomic E-state index is 12.2. The second-order valence-electron chi connectivity index (χ2n) is 7.61. The van der Waals surface area contributed by atoms with Crippen molar-refractivity contribution in [1.29, 1.82) is 0 Å². The summed E-state index contributed by atoms with van der Waals surface area (Å²) >= 11 is 0. The van der Waals surface area contributed by atoms with E-state index in [9.17, 15) is 14.7 Å². The first-order chi connectivity index (χ1) is 13.0. The summed E-state index contributed by atoms with van der Waals surface area (Å²) in [6.45, 7) is 4.83. The number of rotatable bonds is 4. The molecular weight excluding hydrogens is 340 g/mol. The number of carboxylic acids is 1. The predicted octanol–water partition coefficient (Wildman–Crippen LogP) is 3.04. The topological polar surface area (TPSA) is 60.9 Å². The van der Waals surface area contributed by atoms with E-state index in [1.54, 1.807) is 19.1 Å². The quantitative estimate of drug-likeness (QED) is 0.906. The molecule has 2 fully saturated rings. The lowest BCUT2D eigenvalue weighted by Crippen LogP contribution is -2.34. The fourth-order valence-electron chi connectivity index (χ4n) is 4.78. The molecule has 2 aliphatic heterocycles. The Hall–Kier alpha value is -2.66.